The van der Waals surface area contributed by atoms with Crippen molar-refractivity contribution < 1.29 is 0 Å². The van der Waals surface area contributed by atoms with Crippen molar-refractivity contribution in [3.63, 3.8) is 0 Å². The average Bonchev–Trinajstić information content (AvgIpc) is 2.36. The molecule has 0 saturated heterocycles. The van der Waals surface area contributed by atoms with Gasteiger partial charge in [-0.15, -0.1) is 0 Å². The van der Waals surface area contributed by atoms with Crippen molar-refractivity contribution in [3.8, 4) is 0 Å². The van der Waals surface area contributed by atoms with Crippen LogP contribution in [0.2, 0.25) is 0 Å². The fourth-order valence-corrected chi connectivity index (χ4v) is 2.08. The maximum atomic E-state index is 3.36. The Morgan fingerprint density at radius 1 is 1.00 bits per heavy atom. The molecule has 0 radical (unpaired) electrons. The third-order valence-electron chi connectivity index (χ3n) is 2.36. The molecular formula is C15H14IN. The Morgan fingerprint density at radius 3 is 2.59 bits per heavy atom. The van der Waals surface area contributed by atoms with E-state index in [1.807, 2.05) is 18.2 Å². The van der Waals surface area contributed by atoms with Crippen molar-refractivity contribution in [2.45, 2.75) is 0 Å². The number of hydrogen-bond acceptors (Lipinski definition) is 1. The average molecular weight is 335 g/mol. The SMILES string of the molecule is Ic1cccc(NCC=Cc2ccccc2)c1. The molecule has 0 aliphatic rings. The molecule has 0 unspecified atom stereocenters. The van der Waals surface area contributed by atoms with Crippen LogP contribution in [0.15, 0.2) is 60.7 Å². The lowest BCUT2D eigenvalue weighted by Crippen LogP contribution is -1.97. The molecule has 0 aliphatic heterocycles. The van der Waals surface area contributed by atoms with E-state index in [1.54, 1.807) is 0 Å². The summed E-state index contributed by atoms with van der Waals surface area (Å²) >= 11 is 2.32. The lowest BCUT2D eigenvalue weighted by Gasteiger charge is -2.03. The number of rotatable bonds is 4. The number of halogens is 1. The Bertz CT molecular complexity index is 491. The zero-order valence-corrected chi connectivity index (χ0v) is 11.6. The summed E-state index contributed by atoms with van der Waals surface area (Å²) in [4.78, 5) is 0. The van der Waals surface area contributed by atoms with E-state index in [9.17, 15) is 0 Å². The molecule has 2 aromatic rings. The zero-order chi connectivity index (χ0) is 11.9. The molecule has 0 heterocycles. The Balaban J connectivity index is 1.86. The van der Waals surface area contributed by atoms with Gasteiger partial charge in [-0.1, -0.05) is 48.6 Å². The molecule has 86 valence electrons. The first-order chi connectivity index (χ1) is 8.34. The smallest absolute Gasteiger partial charge is 0.0353 e. The second-order valence-corrected chi connectivity index (χ2v) is 4.95. The monoisotopic (exact) mass is 335 g/mol. The quantitative estimate of drug-likeness (QED) is 0.816. The first-order valence-corrected chi connectivity index (χ1v) is 6.63. The van der Waals surface area contributed by atoms with E-state index in [2.05, 4.69) is 76.5 Å². The summed E-state index contributed by atoms with van der Waals surface area (Å²) in [6.45, 7) is 0.842. The van der Waals surface area contributed by atoms with E-state index < -0.39 is 0 Å². The maximum absolute atomic E-state index is 3.36. The van der Waals surface area contributed by atoms with Crippen LogP contribution in [0.1, 0.15) is 5.56 Å². The summed E-state index contributed by atoms with van der Waals surface area (Å²) in [7, 11) is 0. The predicted molar refractivity (Wildman–Crippen MR) is 83.1 cm³/mol. The topological polar surface area (TPSA) is 12.0 Å². The van der Waals surface area contributed by atoms with Crippen LogP contribution >= 0.6 is 22.6 Å². The van der Waals surface area contributed by atoms with Gasteiger partial charge < -0.3 is 5.32 Å². The highest BCUT2D eigenvalue weighted by Gasteiger charge is 1.90. The summed E-state index contributed by atoms with van der Waals surface area (Å²) in [5.41, 5.74) is 2.39. The Hall–Kier alpha value is -1.29. The van der Waals surface area contributed by atoms with Crippen LogP contribution < -0.4 is 5.32 Å². The first-order valence-electron chi connectivity index (χ1n) is 5.55. The second-order valence-electron chi connectivity index (χ2n) is 3.70. The summed E-state index contributed by atoms with van der Waals surface area (Å²) < 4.78 is 1.25. The van der Waals surface area contributed by atoms with Gasteiger partial charge in [-0.3, -0.25) is 0 Å². The molecule has 0 atom stereocenters. The Kier molecular flexibility index (Phi) is 4.62. The second kappa shape index (κ2) is 6.45. The van der Waals surface area contributed by atoms with Gasteiger partial charge in [0, 0.05) is 15.8 Å². The lowest BCUT2D eigenvalue weighted by molar-refractivity contribution is 1.34. The molecule has 1 N–H and O–H groups in total. The third kappa shape index (κ3) is 4.23. The normalized spacial score (nSPS) is 10.6. The van der Waals surface area contributed by atoms with Crippen molar-refractivity contribution >= 4 is 34.4 Å². The van der Waals surface area contributed by atoms with Gasteiger partial charge in [0.25, 0.3) is 0 Å². The molecule has 2 rings (SSSR count). The van der Waals surface area contributed by atoms with Gasteiger partial charge in [0.15, 0.2) is 0 Å². The molecule has 0 bridgehead atoms. The summed E-state index contributed by atoms with van der Waals surface area (Å²) in [5.74, 6) is 0. The van der Waals surface area contributed by atoms with Crippen molar-refractivity contribution in [1.82, 2.24) is 0 Å². The van der Waals surface area contributed by atoms with E-state index in [4.69, 9.17) is 0 Å². The van der Waals surface area contributed by atoms with Crippen LogP contribution in [0.25, 0.3) is 6.08 Å². The molecular weight excluding hydrogens is 321 g/mol. The fraction of sp³-hybridized carbons (Fsp3) is 0.0667. The number of nitrogens with one attached hydrogen (secondary N) is 1. The summed E-state index contributed by atoms with van der Waals surface area (Å²) in [6.07, 6.45) is 4.26. The van der Waals surface area contributed by atoms with E-state index >= 15 is 0 Å². The van der Waals surface area contributed by atoms with Gasteiger partial charge in [-0.25, -0.2) is 0 Å². The third-order valence-corrected chi connectivity index (χ3v) is 3.03. The molecule has 0 aromatic heterocycles. The van der Waals surface area contributed by atoms with Crippen LogP contribution in [-0.2, 0) is 0 Å². The van der Waals surface area contributed by atoms with Gasteiger partial charge in [0.1, 0.15) is 0 Å². The fourth-order valence-electron chi connectivity index (χ4n) is 1.53. The molecule has 0 amide bonds. The molecule has 0 fully saturated rings. The van der Waals surface area contributed by atoms with Crippen LogP contribution in [0.4, 0.5) is 5.69 Å². The highest BCUT2D eigenvalue weighted by Crippen LogP contribution is 2.12. The molecule has 0 spiro atoms. The summed E-state index contributed by atoms with van der Waals surface area (Å²) in [5, 5.41) is 3.36. The standard InChI is InChI=1S/C15H14IN/c16-14-9-4-10-15(12-14)17-11-5-8-13-6-2-1-3-7-13/h1-10,12,17H,11H2. The van der Waals surface area contributed by atoms with Crippen molar-refractivity contribution in [2.75, 3.05) is 11.9 Å². The largest absolute Gasteiger partial charge is 0.382 e. The zero-order valence-electron chi connectivity index (χ0n) is 9.44. The summed E-state index contributed by atoms with van der Waals surface area (Å²) in [6, 6.07) is 18.7. The van der Waals surface area contributed by atoms with Crippen LogP contribution in [0, 0.1) is 3.57 Å². The number of benzene rings is 2. The minimum atomic E-state index is 0.842. The maximum Gasteiger partial charge on any atom is 0.0353 e. The van der Waals surface area contributed by atoms with E-state index in [0.29, 0.717) is 0 Å². The first kappa shape index (κ1) is 12.2. The Labute approximate surface area is 116 Å². The molecule has 2 heteroatoms. The lowest BCUT2D eigenvalue weighted by atomic mass is 10.2. The molecule has 17 heavy (non-hydrogen) atoms. The molecule has 0 saturated carbocycles. The van der Waals surface area contributed by atoms with Crippen LogP contribution in [0.5, 0.6) is 0 Å². The van der Waals surface area contributed by atoms with E-state index in [1.165, 1.54) is 9.13 Å². The van der Waals surface area contributed by atoms with E-state index in [0.717, 1.165) is 12.2 Å². The minimum Gasteiger partial charge on any atom is -0.382 e. The molecule has 0 aliphatic carbocycles. The van der Waals surface area contributed by atoms with Gasteiger partial charge in [0.2, 0.25) is 0 Å². The van der Waals surface area contributed by atoms with E-state index in [-0.39, 0.29) is 0 Å². The minimum absolute atomic E-state index is 0.842. The molecule has 1 nitrogen and oxygen atoms in total. The molecule has 2 aromatic carbocycles. The van der Waals surface area contributed by atoms with Crippen molar-refractivity contribution in [1.29, 1.82) is 0 Å². The number of anilines is 1. The van der Waals surface area contributed by atoms with Gasteiger partial charge >= 0.3 is 0 Å². The van der Waals surface area contributed by atoms with Gasteiger partial charge in [-0.05, 0) is 46.4 Å². The highest BCUT2D eigenvalue weighted by molar-refractivity contribution is 14.1. The van der Waals surface area contributed by atoms with Crippen molar-refractivity contribution in [3.05, 3.63) is 69.8 Å². The van der Waals surface area contributed by atoms with Gasteiger partial charge in [-0.2, -0.15) is 0 Å². The number of hydrogen-bond donors (Lipinski definition) is 1. The highest BCUT2D eigenvalue weighted by atomic mass is 127. The van der Waals surface area contributed by atoms with Crippen molar-refractivity contribution in [2.24, 2.45) is 0 Å². The van der Waals surface area contributed by atoms with Gasteiger partial charge in [0.05, 0.1) is 0 Å². The van der Waals surface area contributed by atoms with Crippen LogP contribution in [0.3, 0.4) is 0 Å². The van der Waals surface area contributed by atoms with Crippen LogP contribution in [-0.4, -0.2) is 6.54 Å². The Morgan fingerprint density at radius 2 is 1.82 bits per heavy atom. The predicted octanol–water partition coefficient (Wildman–Crippen LogP) is 4.42.